The molecule has 0 spiro atoms. The molecule has 4 nitrogen and oxygen atoms in total. The summed E-state index contributed by atoms with van der Waals surface area (Å²) >= 11 is 0. The van der Waals surface area contributed by atoms with E-state index in [-0.39, 0.29) is 16.8 Å². The van der Waals surface area contributed by atoms with E-state index in [1.165, 1.54) is 12.5 Å². The van der Waals surface area contributed by atoms with Gasteiger partial charge in [0.15, 0.2) is 9.84 Å². The minimum atomic E-state index is -3.20. The third kappa shape index (κ3) is 3.73. The largest absolute Gasteiger partial charge is 0.434 e. The number of carbonyl (C=O) groups excluding carboxylic acids is 1. The summed E-state index contributed by atoms with van der Waals surface area (Å²) in [7, 11) is -3.20. The zero-order valence-electron chi connectivity index (χ0n) is 12.3. The zero-order chi connectivity index (χ0) is 15.5. The summed E-state index contributed by atoms with van der Waals surface area (Å²) in [6.07, 6.45) is 6.61. The standard InChI is InChI=1S/C16H20O4S/c1-3-4-5-6-14-15(11-20-16(14)17)12-7-9-13(10-8-12)21(2,18)19/h7-11,14H,3-6H2,1-2H3. The van der Waals surface area contributed by atoms with Crippen molar-refractivity contribution in [3.63, 3.8) is 0 Å². The molecule has 1 aliphatic heterocycles. The molecule has 0 radical (unpaired) electrons. The second-order valence-corrected chi connectivity index (χ2v) is 7.37. The van der Waals surface area contributed by atoms with Crippen LogP contribution < -0.4 is 0 Å². The molecule has 0 saturated carbocycles. The normalized spacial score (nSPS) is 18.5. The quantitative estimate of drug-likeness (QED) is 0.598. The number of unbranched alkanes of at least 4 members (excludes halogenated alkanes) is 2. The van der Waals surface area contributed by atoms with Crippen LogP contribution in [0.1, 0.15) is 38.2 Å². The summed E-state index contributed by atoms with van der Waals surface area (Å²) < 4.78 is 28.0. The maximum Gasteiger partial charge on any atom is 0.318 e. The molecule has 0 bridgehead atoms. The van der Waals surface area contributed by atoms with Crippen LogP contribution in [0.25, 0.3) is 5.57 Å². The summed E-state index contributed by atoms with van der Waals surface area (Å²) in [6.45, 7) is 2.12. The highest BCUT2D eigenvalue weighted by Gasteiger charge is 2.30. The summed E-state index contributed by atoms with van der Waals surface area (Å²) in [5, 5.41) is 0. The fraction of sp³-hybridized carbons (Fsp3) is 0.438. The monoisotopic (exact) mass is 308 g/mol. The molecule has 0 fully saturated rings. The highest BCUT2D eigenvalue weighted by molar-refractivity contribution is 7.90. The molecule has 0 aromatic heterocycles. The Kier molecular flexibility index (Phi) is 4.83. The molecular weight excluding hydrogens is 288 g/mol. The van der Waals surface area contributed by atoms with Crippen LogP contribution in [0.5, 0.6) is 0 Å². The van der Waals surface area contributed by atoms with E-state index in [2.05, 4.69) is 6.92 Å². The molecule has 21 heavy (non-hydrogen) atoms. The lowest BCUT2D eigenvalue weighted by atomic mass is 9.90. The van der Waals surface area contributed by atoms with Crippen molar-refractivity contribution in [3.8, 4) is 0 Å². The number of benzene rings is 1. The van der Waals surface area contributed by atoms with Gasteiger partial charge in [-0.1, -0.05) is 38.3 Å². The van der Waals surface area contributed by atoms with Crippen LogP contribution in [0.3, 0.4) is 0 Å². The number of esters is 1. The third-order valence-electron chi connectivity index (χ3n) is 3.67. The molecular formula is C16H20O4S. The topological polar surface area (TPSA) is 60.4 Å². The average molecular weight is 308 g/mol. The van der Waals surface area contributed by atoms with Crippen LogP contribution >= 0.6 is 0 Å². The van der Waals surface area contributed by atoms with E-state index in [0.29, 0.717) is 0 Å². The number of carbonyl (C=O) groups is 1. The highest BCUT2D eigenvalue weighted by Crippen LogP contribution is 2.34. The molecule has 1 aromatic carbocycles. The molecule has 0 N–H and O–H groups in total. The average Bonchev–Trinajstić information content (AvgIpc) is 2.80. The van der Waals surface area contributed by atoms with E-state index < -0.39 is 9.84 Å². The second-order valence-electron chi connectivity index (χ2n) is 5.35. The van der Waals surface area contributed by atoms with Gasteiger partial charge in [0.25, 0.3) is 0 Å². The number of cyclic esters (lactones) is 1. The molecule has 1 aliphatic rings. The van der Waals surface area contributed by atoms with E-state index in [0.717, 1.165) is 36.8 Å². The predicted octanol–water partition coefficient (Wildman–Crippen LogP) is 3.18. The van der Waals surface area contributed by atoms with Crippen LogP contribution in [0, 0.1) is 5.92 Å². The SMILES string of the molecule is CCCCCC1C(=O)OC=C1c1ccc(S(C)(=O)=O)cc1. The summed E-state index contributed by atoms with van der Waals surface area (Å²) in [4.78, 5) is 12.1. The number of ether oxygens (including phenoxy) is 1. The molecule has 1 unspecified atom stereocenters. The Hall–Kier alpha value is -1.62. The molecule has 0 aliphatic carbocycles. The lowest BCUT2D eigenvalue weighted by Gasteiger charge is -2.11. The lowest BCUT2D eigenvalue weighted by molar-refractivity contribution is -0.138. The fourth-order valence-corrected chi connectivity index (χ4v) is 3.08. The van der Waals surface area contributed by atoms with Gasteiger partial charge in [-0.25, -0.2) is 8.42 Å². The van der Waals surface area contributed by atoms with Gasteiger partial charge in [-0.2, -0.15) is 0 Å². The maximum absolute atomic E-state index is 11.8. The number of sulfone groups is 1. The summed E-state index contributed by atoms with van der Waals surface area (Å²) in [6, 6.07) is 6.60. The van der Waals surface area contributed by atoms with Crippen molar-refractivity contribution in [1.82, 2.24) is 0 Å². The Balaban J connectivity index is 2.18. The molecule has 5 heteroatoms. The Bertz CT molecular complexity index is 641. The van der Waals surface area contributed by atoms with Crippen LogP contribution in [-0.2, 0) is 19.4 Å². The Morgan fingerprint density at radius 2 is 1.81 bits per heavy atom. The third-order valence-corrected chi connectivity index (χ3v) is 4.80. The number of rotatable bonds is 6. The van der Waals surface area contributed by atoms with Gasteiger partial charge >= 0.3 is 5.97 Å². The van der Waals surface area contributed by atoms with Crippen molar-refractivity contribution in [3.05, 3.63) is 36.1 Å². The van der Waals surface area contributed by atoms with Crippen LogP contribution in [0.2, 0.25) is 0 Å². The number of hydrogen-bond acceptors (Lipinski definition) is 4. The van der Waals surface area contributed by atoms with Crippen molar-refractivity contribution in [2.24, 2.45) is 5.92 Å². The second kappa shape index (κ2) is 6.43. The first-order valence-electron chi connectivity index (χ1n) is 7.14. The van der Waals surface area contributed by atoms with Crippen molar-refractivity contribution in [2.75, 3.05) is 6.26 Å². The van der Waals surface area contributed by atoms with Crippen LogP contribution in [-0.4, -0.2) is 20.6 Å². The fourth-order valence-electron chi connectivity index (χ4n) is 2.45. The van der Waals surface area contributed by atoms with Gasteiger partial charge in [0, 0.05) is 11.8 Å². The van der Waals surface area contributed by atoms with Crippen molar-refractivity contribution >= 4 is 21.4 Å². The maximum atomic E-state index is 11.8. The molecule has 1 heterocycles. The molecule has 1 atom stereocenters. The van der Waals surface area contributed by atoms with Gasteiger partial charge in [-0.15, -0.1) is 0 Å². The zero-order valence-corrected chi connectivity index (χ0v) is 13.2. The van der Waals surface area contributed by atoms with Gasteiger partial charge in [0.1, 0.15) is 0 Å². The van der Waals surface area contributed by atoms with Gasteiger partial charge in [-0.05, 0) is 24.1 Å². The van der Waals surface area contributed by atoms with Gasteiger partial charge in [-0.3, -0.25) is 4.79 Å². The Morgan fingerprint density at radius 1 is 1.14 bits per heavy atom. The summed E-state index contributed by atoms with van der Waals surface area (Å²) in [5.41, 5.74) is 1.69. The molecule has 1 aromatic rings. The van der Waals surface area contributed by atoms with E-state index in [1.54, 1.807) is 24.3 Å². The Labute approximate surface area is 125 Å². The molecule has 114 valence electrons. The van der Waals surface area contributed by atoms with Crippen molar-refractivity contribution < 1.29 is 17.9 Å². The Morgan fingerprint density at radius 3 is 2.38 bits per heavy atom. The van der Waals surface area contributed by atoms with Gasteiger partial charge in [0.05, 0.1) is 17.1 Å². The van der Waals surface area contributed by atoms with Gasteiger partial charge < -0.3 is 4.74 Å². The van der Waals surface area contributed by atoms with Crippen molar-refractivity contribution in [1.29, 1.82) is 0 Å². The van der Waals surface area contributed by atoms with E-state index in [1.807, 2.05) is 0 Å². The lowest BCUT2D eigenvalue weighted by Crippen LogP contribution is -2.11. The van der Waals surface area contributed by atoms with E-state index in [9.17, 15) is 13.2 Å². The van der Waals surface area contributed by atoms with Crippen LogP contribution in [0.4, 0.5) is 0 Å². The number of hydrogen-bond donors (Lipinski definition) is 0. The molecule has 2 rings (SSSR count). The van der Waals surface area contributed by atoms with Crippen LogP contribution in [0.15, 0.2) is 35.4 Å². The van der Waals surface area contributed by atoms with E-state index in [4.69, 9.17) is 4.74 Å². The first-order chi connectivity index (χ1) is 9.93. The smallest absolute Gasteiger partial charge is 0.318 e. The minimum absolute atomic E-state index is 0.215. The van der Waals surface area contributed by atoms with Gasteiger partial charge in [0.2, 0.25) is 0 Å². The van der Waals surface area contributed by atoms with Crippen molar-refractivity contribution in [2.45, 2.75) is 37.5 Å². The summed E-state index contributed by atoms with van der Waals surface area (Å²) in [5.74, 6) is -0.450. The first-order valence-corrected chi connectivity index (χ1v) is 9.03. The predicted molar refractivity (Wildman–Crippen MR) is 81.3 cm³/mol. The highest BCUT2D eigenvalue weighted by atomic mass is 32.2. The minimum Gasteiger partial charge on any atom is -0.434 e. The first kappa shape index (κ1) is 15.8. The van der Waals surface area contributed by atoms with E-state index >= 15 is 0 Å². The molecule has 0 saturated heterocycles. The molecule has 0 amide bonds.